The van der Waals surface area contributed by atoms with Crippen LogP contribution in [0.2, 0.25) is 0 Å². The summed E-state index contributed by atoms with van der Waals surface area (Å²) in [5.41, 5.74) is 3.99. The lowest BCUT2D eigenvalue weighted by Crippen LogP contribution is -2.41. The first-order valence-electron chi connectivity index (χ1n) is 12.5. The van der Waals surface area contributed by atoms with Gasteiger partial charge in [0.25, 0.3) is 5.56 Å². The van der Waals surface area contributed by atoms with Crippen molar-refractivity contribution in [3.8, 4) is 0 Å². The van der Waals surface area contributed by atoms with E-state index in [0.29, 0.717) is 19.1 Å². The van der Waals surface area contributed by atoms with E-state index in [4.69, 9.17) is 4.74 Å². The summed E-state index contributed by atoms with van der Waals surface area (Å²) in [6.07, 6.45) is 4.73. The predicted octanol–water partition coefficient (Wildman–Crippen LogP) is 2.58. The van der Waals surface area contributed by atoms with Crippen LogP contribution in [0.4, 0.5) is 0 Å². The Hall–Kier alpha value is -2.62. The second-order valence-corrected chi connectivity index (χ2v) is 9.74. The summed E-state index contributed by atoms with van der Waals surface area (Å²) in [5.74, 6) is 0.887. The number of nitrogens with one attached hydrogen (secondary N) is 1. The minimum absolute atomic E-state index is 0.0204. The van der Waals surface area contributed by atoms with Gasteiger partial charge in [0.1, 0.15) is 0 Å². The number of H-pyrrole nitrogens is 1. The lowest BCUT2D eigenvalue weighted by molar-refractivity contribution is 0.0322. The summed E-state index contributed by atoms with van der Waals surface area (Å²) in [6.45, 7) is 10.5. The maximum absolute atomic E-state index is 13.1. The van der Waals surface area contributed by atoms with Crippen molar-refractivity contribution in [2.45, 2.75) is 58.7 Å². The van der Waals surface area contributed by atoms with Crippen LogP contribution in [0.15, 0.2) is 23.0 Å². The van der Waals surface area contributed by atoms with Gasteiger partial charge in [0.05, 0.1) is 31.3 Å². The molecule has 1 N–H and O–H groups in total. The number of tetrazole rings is 1. The highest BCUT2D eigenvalue weighted by Gasteiger charge is 2.23. The minimum Gasteiger partial charge on any atom is -0.379 e. The second-order valence-electron chi connectivity index (χ2n) is 9.74. The summed E-state index contributed by atoms with van der Waals surface area (Å²) in [7, 11) is 0. The molecule has 0 atom stereocenters. The van der Waals surface area contributed by atoms with Gasteiger partial charge in [0, 0.05) is 38.3 Å². The molecule has 2 aromatic heterocycles. The third kappa shape index (κ3) is 5.06. The maximum atomic E-state index is 13.1. The predicted molar refractivity (Wildman–Crippen MR) is 131 cm³/mol. The number of ether oxygens (including phenoxy) is 1. The number of hydrogen-bond donors (Lipinski definition) is 1. The molecule has 1 aromatic carbocycles. The maximum Gasteiger partial charge on any atom is 0.252 e. The Kier molecular flexibility index (Phi) is 7.03. The number of benzene rings is 1. The number of nitrogens with zero attached hydrogens (tertiary/aromatic N) is 6. The fraction of sp³-hybridized carbons (Fsp3) is 0.600. The molecule has 3 heterocycles. The standard InChI is InChI=1S/C25H35N7O2/c1-18-7-8-20-15-21(25(33)26-24(20)19(18)2)16-31(10-9-30-11-13-34-14-12-30)17-23-27-28-29-32(23)22-5-3-4-6-22/h7-8,15,22H,3-6,9-14,16-17H2,1-2H3,(H,26,33). The molecule has 0 spiro atoms. The van der Waals surface area contributed by atoms with Crippen molar-refractivity contribution in [3.63, 3.8) is 0 Å². The topological polar surface area (TPSA) is 92.2 Å². The Morgan fingerprint density at radius 2 is 1.94 bits per heavy atom. The lowest BCUT2D eigenvalue weighted by Gasteiger charge is -2.30. The third-order valence-electron chi connectivity index (χ3n) is 7.45. The Balaban J connectivity index is 1.39. The van der Waals surface area contributed by atoms with Gasteiger partial charge in [-0.1, -0.05) is 25.0 Å². The number of aromatic amines is 1. The molecule has 1 saturated carbocycles. The van der Waals surface area contributed by atoms with Gasteiger partial charge in [-0.2, -0.15) is 0 Å². The SMILES string of the molecule is Cc1ccc2cc(CN(CCN3CCOCC3)Cc3nnnn3C3CCCC3)c(=O)[nH]c2c1C. The average Bonchev–Trinajstić information content (AvgIpc) is 3.54. The van der Waals surface area contributed by atoms with Gasteiger partial charge in [-0.15, -0.1) is 5.10 Å². The van der Waals surface area contributed by atoms with E-state index in [-0.39, 0.29) is 5.56 Å². The van der Waals surface area contributed by atoms with Crippen molar-refractivity contribution < 1.29 is 4.74 Å². The number of fused-ring (bicyclic) bond motifs is 1. The van der Waals surface area contributed by atoms with Crippen molar-refractivity contribution in [2.75, 3.05) is 39.4 Å². The fourth-order valence-electron chi connectivity index (χ4n) is 5.20. The first-order valence-corrected chi connectivity index (χ1v) is 12.5. The molecule has 2 aliphatic rings. The normalized spacial score (nSPS) is 17.9. The van der Waals surface area contributed by atoms with E-state index in [0.717, 1.165) is 80.1 Å². The van der Waals surface area contributed by atoms with E-state index in [1.54, 1.807) is 0 Å². The van der Waals surface area contributed by atoms with Gasteiger partial charge in [0.15, 0.2) is 5.82 Å². The number of hydrogen-bond acceptors (Lipinski definition) is 7. The van der Waals surface area contributed by atoms with Crippen LogP contribution in [0.3, 0.4) is 0 Å². The van der Waals surface area contributed by atoms with Gasteiger partial charge in [-0.3, -0.25) is 14.6 Å². The highest BCUT2D eigenvalue weighted by atomic mass is 16.5. The summed E-state index contributed by atoms with van der Waals surface area (Å²) in [4.78, 5) is 20.9. The van der Waals surface area contributed by atoms with Crippen LogP contribution in [0, 0.1) is 13.8 Å². The third-order valence-corrected chi connectivity index (χ3v) is 7.45. The average molecular weight is 466 g/mol. The smallest absolute Gasteiger partial charge is 0.252 e. The number of morpholine rings is 1. The molecule has 0 radical (unpaired) electrons. The highest BCUT2D eigenvalue weighted by Crippen LogP contribution is 2.29. The molecular weight excluding hydrogens is 430 g/mol. The molecule has 0 amide bonds. The first-order chi connectivity index (χ1) is 16.6. The monoisotopic (exact) mass is 465 g/mol. The minimum atomic E-state index is -0.0204. The molecule has 3 aromatic rings. The van der Waals surface area contributed by atoms with E-state index in [1.807, 2.05) is 10.7 Å². The van der Waals surface area contributed by atoms with Crippen molar-refractivity contribution in [2.24, 2.45) is 0 Å². The molecule has 9 nitrogen and oxygen atoms in total. The molecular formula is C25H35N7O2. The van der Waals surface area contributed by atoms with Gasteiger partial charge in [-0.05, 0) is 59.7 Å². The molecule has 0 unspecified atom stereocenters. The molecule has 182 valence electrons. The van der Waals surface area contributed by atoms with E-state index in [2.05, 4.69) is 56.3 Å². The Labute approximate surface area is 200 Å². The Morgan fingerprint density at radius 3 is 2.74 bits per heavy atom. The Bertz CT molecular complexity index is 1180. The van der Waals surface area contributed by atoms with Crippen molar-refractivity contribution >= 4 is 10.9 Å². The van der Waals surface area contributed by atoms with Crippen LogP contribution < -0.4 is 5.56 Å². The van der Waals surface area contributed by atoms with Gasteiger partial charge >= 0.3 is 0 Å². The first kappa shape index (κ1) is 23.1. The van der Waals surface area contributed by atoms with Crippen LogP contribution in [0.1, 0.15) is 54.2 Å². The van der Waals surface area contributed by atoms with Crippen LogP contribution >= 0.6 is 0 Å². The molecule has 1 saturated heterocycles. The number of rotatable bonds is 8. The zero-order chi connectivity index (χ0) is 23.5. The zero-order valence-corrected chi connectivity index (χ0v) is 20.3. The summed E-state index contributed by atoms with van der Waals surface area (Å²) >= 11 is 0. The summed E-state index contributed by atoms with van der Waals surface area (Å²) < 4.78 is 7.52. The van der Waals surface area contributed by atoms with Crippen LogP contribution in [-0.2, 0) is 17.8 Å². The summed E-state index contributed by atoms with van der Waals surface area (Å²) in [5, 5.41) is 13.8. The highest BCUT2D eigenvalue weighted by molar-refractivity contribution is 5.83. The van der Waals surface area contributed by atoms with Crippen molar-refractivity contribution in [1.29, 1.82) is 0 Å². The van der Waals surface area contributed by atoms with Crippen LogP contribution in [-0.4, -0.2) is 74.4 Å². The number of aryl methyl sites for hydroxylation is 2. The van der Waals surface area contributed by atoms with Crippen molar-refractivity contribution in [1.82, 2.24) is 35.0 Å². The summed E-state index contributed by atoms with van der Waals surface area (Å²) in [6, 6.07) is 6.64. The van der Waals surface area contributed by atoms with Crippen LogP contribution in [0.25, 0.3) is 10.9 Å². The zero-order valence-electron chi connectivity index (χ0n) is 20.3. The van der Waals surface area contributed by atoms with E-state index < -0.39 is 0 Å². The van der Waals surface area contributed by atoms with Gasteiger partial charge in [-0.25, -0.2) is 4.68 Å². The molecule has 1 aliphatic carbocycles. The fourth-order valence-corrected chi connectivity index (χ4v) is 5.20. The Morgan fingerprint density at radius 1 is 1.15 bits per heavy atom. The second kappa shape index (κ2) is 10.3. The van der Waals surface area contributed by atoms with Crippen molar-refractivity contribution in [3.05, 3.63) is 51.1 Å². The molecule has 5 rings (SSSR count). The molecule has 9 heteroatoms. The van der Waals surface area contributed by atoms with Gasteiger partial charge < -0.3 is 9.72 Å². The number of aromatic nitrogens is 5. The van der Waals surface area contributed by atoms with E-state index in [1.165, 1.54) is 18.4 Å². The van der Waals surface area contributed by atoms with Crippen LogP contribution in [0.5, 0.6) is 0 Å². The van der Waals surface area contributed by atoms with E-state index in [9.17, 15) is 4.79 Å². The van der Waals surface area contributed by atoms with Gasteiger partial charge in [0.2, 0.25) is 0 Å². The molecule has 1 aliphatic heterocycles. The largest absolute Gasteiger partial charge is 0.379 e. The molecule has 34 heavy (non-hydrogen) atoms. The molecule has 0 bridgehead atoms. The number of pyridine rings is 1. The van der Waals surface area contributed by atoms with E-state index >= 15 is 0 Å². The lowest BCUT2D eigenvalue weighted by atomic mass is 10.0. The quantitative estimate of drug-likeness (QED) is 0.547. The molecule has 2 fully saturated rings.